The van der Waals surface area contributed by atoms with Crippen LogP contribution in [0.1, 0.15) is 0 Å². The Labute approximate surface area is 78.0 Å². The molecule has 1 unspecified atom stereocenters. The van der Waals surface area contributed by atoms with Gasteiger partial charge in [-0.1, -0.05) is 0 Å². The van der Waals surface area contributed by atoms with E-state index in [1.807, 2.05) is 5.32 Å². The molecule has 0 aromatic heterocycles. The number of hydrogen-bond donors (Lipinski definition) is 3. The van der Waals surface area contributed by atoms with Crippen LogP contribution in [-0.2, 0) is 4.79 Å². The third-order valence-corrected chi connectivity index (χ3v) is 1.80. The molecule has 0 spiro atoms. The minimum atomic E-state index is -1.01. The van der Waals surface area contributed by atoms with Gasteiger partial charge in [0, 0.05) is 6.08 Å². The van der Waals surface area contributed by atoms with Crippen molar-refractivity contribution in [2.75, 3.05) is 0 Å². The summed E-state index contributed by atoms with van der Waals surface area (Å²) in [5, 5.41) is 11.3. The fourth-order valence-electron chi connectivity index (χ4n) is 1.25. The number of imide groups is 1. The second-order valence-electron chi connectivity index (χ2n) is 2.80. The van der Waals surface area contributed by atoms with Gasteiger partial charge in [-0.2, -0.15) is 4.99 Å². The minimum absolute atomic E-state index is 0.0139. The number of rotatable bonds is 0. The summed E-state index contributed by atoms with van der Waals surface area (Å²) in [6.07, 6.45) is 1.15. The highest BCUT2D eigenvalue weighted by Crippen LogP contribution is 2.18. The van der Waals surface area contributed by atoms with E-state index in [1.165, 1.54) is 0 Å². The van der Waals surface area contributed by atoms with Gasteiger partial charge in [0.1, 0.15) is 11.6 Å². The Morgan fingerprint density at radius 2 is 2.14 bits per heavy atom. The molecule has 2 aliphatic rings. The molecule has 7 heteroatoms. The fraction of sp³-hybridized carbons (Fsp3) is 0.143. The Hall–Kier alpha value is -2.18. The molecule has 0 bridgehead atoms. The number of nitrogens with zero attached hydrogens (tertiary/aromatic N) is 2. The first-order chi connectivity index (χ1) is 6.58. The zero-order chi connectivity index (χ0) is 10.3. The van der Waals surface area contributed by atoms with Crippen LogP contribution in [0.2, 0.25) is 0 Å². The van der Waals surface area contributed by atoms with E-state index in [2.05, 4.69) is 9.98 Å². The molecule has 2 heterocycles. The predicted octanol–water partition coefficient (Wildman–Crippen LogP) is -0.936. The molecule has 2 rings (SSSR count). The van der Waals surface area contributed by atoms with E-state index in [9.17, 15) is 14.7 Å². The highest BCUT2D eigenvalue weighted by molar-refractivity contribution is 6.22. The van der Waals surface area contributed by atoms with Gasteiger partial charge in [-0.3, -0.25) is 10.1 Å². The van der Waals surface area contributed by atoms with Crippen molar-refractivity contribution in [3.63, 3.8) is 0 Å². The molecule has 0 saturated heterocycles. The first-order valence-electron chi connectivity index (χ1n) is 3.76. The Morgan fingerprint density at radius 1 is 1.43 bits per heavy atom. The molecule has 7 nitrogen and oxygen atoms in total. The molecule has 72 valence electrons. The standard InChI is InChI=1S/C7H6N4O3/c8-3-1-2(12)4-5(9-3)10-7(14)11-6(4)13/h1,4,12H,(H3,8,9,10,11,13,14). The van der Waals surface area contributed by atoms with E-state index < -0.39 is 17.9 Å². The smallest absolute Gasteiger partial charge is 0.349 e. The van der Waals surface area contributed by atoms with Gasteiger partial charge in [-0.05, 0) is 0 Å². The van der Waals surface area contributed by atoms with E-state index in [-0.39, 0.29) is 17.4 Å². The number of carbonyl (C=O) groups excluding carboxylic acids is 2. The third kappa shape index (κ3) is 1.15. The van der Waals surface area contributed by atoms with Crippen LogP contribution in [0.15, 0.2) is 21.8 Å². The zero-order valence-corrected chi connectivity index (χ0v) is 6.89. The maximum Gasteiger partial charge on any atom is 0.349 e. The van der Waals surface area contributed by atoms with Crippen LogP contribution in [0, 0.1) is 5.92 Å². The van der Waals surface area contributed by atoms with Gasteiger partial charge in [-0.25, -0.2) is 9.79 Å². The summed E-state index contributed by atoms with van der Waals surface area (Å²) in [5.74, 6) is -1.98. The summed E-state index contributed by atoms with van der Waals surface area (Å²) in [6.45, 7) is 0. The van der Waals surface area contributed by atoms with Crippen LogP contribution >= 0.6 is 0 Å². The number of hydrogen-bond acceptors (Lipinski definition) is 5. The summed E-state index contributed by atoms with van der Waals surface area (Å²) in [4.78, 5) is 29.2. The van der Waals surface area contributed by atoms with Crippen molar-refractivity contribution >= 4 is 23.6 Å². The van der Waals surface area contributed by atoms with Crippen molar-refractivity contribution < 1.29 is 14.7 Å². The number of dihydropyridines is 1. The van der Waals surface area contributed by atoms with Crippen LogP contribution in [-0.4, -0.2) is 28.7 Å². The molecular formula is C7H6N4O3. The Morgan fingerprint density at radius 3 is 2.86 bits per heavy atom. The van der Waals surface area contributed by atoms with E-state index in [0.29, 0.717) is 0 Å². The summed E-state index contributed by atoms with van der Waals surface area (Å²) >= 11 is 0. The van der Waals surface area contributed by atoms with Gasteiger partial charge < -0.3 is 10.8 Å². The third-order valence-electron chi connectivity index (χ3n) is 1.80. The lowest BCUT2D eigenvalue weighted by Gasteiger charge is -2.21. The van der Waals surface area contributed by atoms with Crippen molar-refractivity contribution in [1.29, 1.82) is 0 Å². The number of nitrogens with two attached hydrogens (primary N) is 1. The summed E-state index contributed by atoms with van der Waals surface area (Å²) in [7, 11) is 0. The lowest BCUT2D eigenvalue weighted by molar-refractivity contribution is -0.121. The highest BCUT2D eigenvalue weighted by Gasteiger charge is 2.36. The number of amides is 3. The molecule has 3 amide bonds. The average molecular weight is 194 g/mol. The Balaban J connectivity index is 2.51. The molecule has 1 atom stereocenters. The molecule has 2 aliphatic heterocycles. The number of carbonyl (C=O) groups is 2. The van der Waals surface area contributed by atoms with Gasteiger partial charge >= 0.3 is 6.03 Å². The van der Waals surface area contributed by atoms with E-state index in [1.54, 1.807) is 0 Å². The molecule has 0 aliphatic carbocycles. The van der Waals surface area contributed by atoms with Crippen molar-refractivity contribution in [3.05, 3.63) is 11.8 Å². The first-order valence-corrected chi connectivity index (χ1v) is 3.76. The zero-order valence-electron chi connectivity index (χ0n) is 6.89. The van der Waals surface area contributed by atoms with Crippen LogP contribution < -0.4 is 11.1 Å². The van der Waals surface area contributed by atoms with Gasteiger partial charge in [0.05, 0.1) is 0 Å². The number of nitrogens with one attached hydrogen (secondary N) is 1. The van der Waals surface area contributed by atoms with E-state index in [4.69, 9.17) is 5.73 Å². The second-order valence-corrected chi connectivity index (χ2v) is 2.80. The normalized spacial score (nSPS) is 25.7. The topological polar surface area (TPSA) is 117 Å². The monoisotopic (exact) mass is 194 g/mol. The van der Waals surface area contributed by atoms with Crippen LogP contribution in [0.5, 0.6) is 0 Å². The van der Waals surface area contributed by atoms with Crippen LogP contribution in [0.25, 0.3) is 0 Å². The number of aliphatic hydroxyl groups excluding tert-OH is 1. The maximum absolute atomic E-state index is 11.2. The number of aliphatic hydroxyl groups is 1. The lowest BCUT2D eigenvalue weighted by Crippen LogP contribution is -2.45. The highest BCUT2D eigenvalue weighted by atomic mass is 16.3. The first kappa shape index (κ1) is 8.42. The van der Waals surface area contributed by atoms with Crippen LogP contribution in [0.3, 0.4) is 0 Å². The molecule has 0 saturated carbocycles. The molecule has 0 fully saturated rings. The van der Waals surface area contributed by atoms with Crippen molar-refractivity contribution in [1.82, 2.24) is 5.32 Å². The Bertz CT molecular complexity index is 421. The molecule has 0 radical (unpaired) electrons. The van der Waals surface area contributed by atoms with Gasteiger partial charge in [-0.15, -0.1) is 0 Å². The largest absolute Gasteiger partial charge is 0.511 e. The number of aliphatic imine (C=N–C) groups is 2. The summed E-state index contributed by atoms with van der Waals surface area (Å²) in [5.41, 5.74) is 5.31. The molecule has 4 N–H and O–H groups in total. The number of fused-ring (bicyclic) bond motifs is 1. The Kier molecular flexibility index (Phi) is 1.60. The molecule has 0 aromatic rings. The van der Waals surface area contributed by atoms with Gasteiger partial charge in [0.15, 0.2) is 11.8 Å². The fourth-order valence-corrected chi connectivity index (χ4v) is 1.25. The van der Waals surface area contributed by atoms with E-state index in [0.717, 1.165) is 6.08 Å². The summed E-state index contributed by atoms with van der Waals surface area (Å²) in [6, 6.07) is -0.799. The van der Waals surface area contributed by atoms with Crippen molar-refractivity contribution in [2.45, 2.75) is 0 Å². The second kappa shape index (κ2) is 2.66. The predicted molar refractivity (Wildman–Crippen MR) is 46.8 cm³/mol. The van der Waals surface area contributed by atoms with E-state index >= 15 is 0 Å². The van der Waals surface area contributed by atoms with Crippen molar-refractivity contribution in [2.24, 2.45) is 21.6 Å². The van der Waals surface area contributed by atoms with Crippen LogP contribution in [0.4, 0.5) is 4.79 Å². The molecule has 0 aromatic carbocycles. The SMILES string of the molecule is NC1=NC2=NC(=O)NC(=O)C2C(O)=C1. The quantitative estimate of drug-likeness (QED) is 0.461. The number of amidine groups is 2. The van der Waals surface area contributed by atoms with Gasteiger partial charge in [0.25, 0.3) is 0 Å². The van der Waals surface area contributed by atoms with Gasteiger partial charge in [0.2, 0.25) is 5.91 Å². The summed E-state index contributed by atoms with van der Waals surface area (Å²) < 4.78 is 0. The molecular weight excluding hydrogens is 188 g/mol. The number of urea groups is 1. The lowest BCUT2D eigenvalue weighted by atomic mass is 10.0. The molecule has 14 heavy (non-hydrogen) atoms. The minimum Gasteiger partial charge on any atom is -0.511 e. The maximum atomic E-state index is 11.2. The average Bonchev–Trinajstić information content (AvgIpc) is 1.99. The van der Waals surface area contributed by atoms with Crippen molar-refractivity contribution in [3.8, 4) is 0 Å².